The number of halogens is 7. The smallest absolute Gasteiger partial charge is 0.425 e. The van der Waals surface area contributed by atoms with Gasteiger partial charge in [-0.1, -0.05) is 25.8 Å². The SMILES string of the molecule is CCCC[C@H]1N(C(=O)c2ncccc2C(F)(F)F)CCC[C@@]1(Oc1csc(C(F)(F)F)c1)C(=O)N1CCc2cc(F)ccc2C1CCCO. The van der Waals surface area contributed by atoms with Crippen LogP contribution in [0.3, 0.4) is 0 Å². The van der Waals surface area contributed by atoms with Crippen LogP contribution in [-0.2, 0) is 23.6 Å². The first-order chi connectivity index (χ1) is 23.2. The number of hydrogen-bond donors (Lipinski definition) is 1. The number of aliphatic hydroxyl groups is 1. The molecule has 3 aromatic rings. The summed E-state index contributed by atoms with van der Waals surface area (Å²) in [6.45, 7) is 1.66. The third-order valence-corrected chi connectivity index (χ3v) is 10.1. The number of ether oxygens (including phenoxy) is 1. The van der Waals surface area contributed by atoms with Crippen molar-refractivity contribution in [3.63, 3.8) is 0 Å². The Morgan fingerprint density at radius 3 is 2.49 bits per heavy atom. The van der Waals surface area contributed by atoms with E-state index in [4.69, 9.17) is 4.74 Å². The predicted molar refractivity (Wildman–Crippen MR) is 166 cm³/mol. The van der Waals surface area contributed by atoms with Crippen LogP contribution < -0.4 is 4.74 Å². The van der Waals surface area contributed by atoms with Gasteiger partial charge in [0.2, 0.25) is 5.60 Å². The second kappa shape index (κ2) is 14.6. The molecule has 5 rings (SSSR count). The van der Waals surface area contributed by atoms with E-state index in [1.807, 2.05) is 6.92 Å². The van der Waals surface area contributed by atoms with Crippen molar-refractivity contribution in [1.29, 1.82) is 0 Å². The number of carbonyl (C=O) groups is 2. The number of alkyl halides is 6. The minimum Gasteiger partial charge on any atom is -0.474 e. The number of thiophene rings is 1. The molecule has 1 unspecified atom stereocenters. The molecule has 0 radical (unpaired) electrons. The Labute approximate surface area is 282 Å². The summed E-state index contributed by atoms with van der Waals surface area (Å²) in [6.07, 6.45) is -6.67. The van der Waals surface area contributed by atoms with Gasteiger partial charge in [0.1, 0.15) is 22.1 Å². The molecule has 1 fully saturated rings. The molecule has 0 saturated carbocycles. The largest absolute Gasteiger partial charge is 0.474 e. The van der Waals surface area contributed by atoms with E-state index in [-0.39, 0.29) is 64.0 Å². The van der Waals surface area contributed by atoms with Gasteiger partial charge in [0.15, 0.2) is 0 Å². The van der Waals surface area contributed by atoms with Crippen LogP contribution in [0.5, 0.6) is 5.75 Å². The minimum absolute atomic E-state index is 0.0466. The summed E-state index contributed by atoms with van der Waals surface area (Å²) in [7, 11) is 0. The van der Waals surface area contributed by atoms with Crippen molar-refractivity contribution in [3.8, 4) is 5.75 Å². The van der Waals surface area contributed by atoms with Crippen molar-refractivity contribution in [2.45, 2.75) is 88.3 Å². The molecule has 2 amide bonds. The number of pyridine rings is 1. The van der Waals surface area contributed by atoms with Gasteiger partial charge in [-0.25, -0.2) is 4.39 Å². The Bertz CT molecular complexity index is 1650. The summed E-state index contributed by atoms with van der Waals surface area (Å²) in [6, 6.07) is 4.89. The Hall–Kier alpha value is -3.72. The molecule has 266 valence electrons. The van der Waals surface area contributed by atoms with Gasteiger partial charge < -0.3 is 19.6 Å². The maximum absolute atomic E-state index is 15.1. The zero-order valence-corrected chi connectivity index (χ0v) is 27.4. The number of rotatable bonds is 10. The maximum Gasteiger partial charge on any atom is 0.425 e. The van der Waals surface area contributed by atoms with Gasteiger partial charge in [-0.05, 0) is 67.5 Å². The predicted octanol–water partition coefficient (Wildman–Crippen LogP) is 7.83. The molecule has 15 heteroatoms. The van der Waals surface area contributed by atoms with Gasteiger partial charge in [0, 0.05) is 43.8 Å². The molecule has 49 heavy (non-hydrogen) atoms. The second-order valence-corrected chi connectivity index (χ2v) is 13.2. The Balaban J connectivity index is 1.65. The summed E-state index contributed by atoms with van der Waals surface area (Å²) in [4.78, 5) is 34.7. The molecule has 0 spiro atoms. The van der Waals surface area contributed by atoms with Crippen molar-refractivity contribution < 1.29 is 50.2 Å². The van der Waals surface area contributed by atoms with E-state index < -0.39 is 63.8 Å². The maximum atomic E-state index is 15.1. The Morgan fingerprint density at radius 1 is 1.04 bits per heavy atom. The van der Waals surface area contributed by atoms with Gasteiger partial charge >= 0.3 is 12.4 Å². The zero-order valence-electron chi connectivity index (χ0n) is 26.6. The molecule has 2 aliphatic heterocycles. The number of unbranched alkanes of at least 4 members (excludes halogenated alkanes) is 1. The highest BCUT2D eigenvalue weighted by Crippen LogP contribution is 2.45. The highest BCUT2D eigenvalue weighted by atomic mass is 32.1. The molecule has 3 atom stereocenters. The zero-order chi connectivity index (χ0) is 35.6. The molecule has 0 aliphatic carbocycles. The van der Waals surface area contributed by atoms with Crippen molar-refractivity contribution in [2.75, 3.05) is 19.7 Å². The first-order valence-corrected chi connectivity index (χ1v) is 17.0. The van der Waals surface area contributed by atoms with Crippen LogP contribution >= 0.6 is 11.3 Å². The lowest BCUT2D eigenvalue weighted by molar-refractivity contribution is -0.162. The lowest BCUT2D eigenvalue weighted by atomic mass is 9.78. The van der Waals surface area contributed by atoms with Gasteiger partial charge in [-0.2, -0.15) is 26.3 Å². The fourth-order valence-corrected chi connectivity index (χ4v) is 7.64. The first-order valence-electron chi connectivity index (χ1n) is 16.1. The molecule has 7 nitrogen and oxygen atoms in total. The van der Waals surface area contributed by atoms with Crippen molar-refractivity contribution in [2.24, 2.45) is 0 Å². The molecular weight excluding hydrogens is 679 g/mol. The van der Waals surface area contributed by atoms with E-state index in [2.05, 4.69) is 4.98 Å². The summed E-state index contributed by atoms with van der Waals surface area (Å²) in [5, 5.41) is 10.8. The normalized spacial score (nSPS) is 21.4. The highest BCUT2D eigenvalue weighted by molar-refractivity contribution is 7.10. The molecule has 2 aromatic heterocycles. The lowest BCUT2D eigenvalue weighted by Gasteiger charge is -2.51. The van der Waals surface area contributed by atoms with Gasteiger partial charge in [-0.3, -0.25) is 14.6 Å². The lowest BCUT2D eigenvalue weighted by Crippen LogP contribution is -2.68. The summed E-state index contributed by atoms with van der Waals surface area (Å²) in [5.74, 6) is -2.46. The topological polar surface area (TPSA) is 83.0 Å². The van der Waals surface area contributed by atoms with E-state index >= 15 is 4.79 Å². The summed E-state index contributed by atoms with van der Waals surface area (Å²) in [5.41, 5.74) is -2.82. The monoisotopic (exact) mass is 715 g/mol. The number of nitrogens with zero attached hydrogens (tertiary/aromatic N) is 3. The van der Waals surface area contributed by atoms with Crippen LogP contribution in [0.25, 0.3) is 0 Å². The Kier molecular flexibility index (Phi) is 10.9. The molecule has 4 heterocycles. The van der Waals surface area contributed by atoms with Crippen LogP contribution in [0.1, 0.15) is 90.0 Å². The number of carbonyl (C=O) groups excluding carboxylic acids is 2. The summed E-state index contributed by atoms with van der Waals surface area (Å²) < 4.78 is 104. The van der Waals surface area contributed by atoms with E-state index in [1.165, 1.54) is 17.0 Å². The van der Waals surface area contributed by atoms with Crippen LogP contribution in [0.2, 0.25) is 0 Å². The number of aliphatic hydroxyl groups excluding tert-OH is 1. The van der Waals surface area contributed by atoms with E-state index in [0.29, 0.717) is 35.3 Å². The highest BCUT2D eigenvalue weighted by Gasteiger charge is 2.57. The van der Waals surface area contributed by atoms with Crippen LogP contribution in [0.4, 0.5) is 30.7 Å². The third-order valence-electron chi connectivity index (χ3n) is 9.14. The van der Waals surface area contributed by atoms with Crippen molar-refractivity contribution in [3.05, 3.63) is 81.1 Å². The number of likely N-dealkylation sites (tertiary alicyclic amines) is 1. The molecule has 0 bridgehead atoms. The average molecular weight is 716 g/mol. The molecule has 2 aliphatic rings. The van der Waals surface area contributed by atoms with Gasteiger partial charge in [0.25, 0.3) is 11.8 Å². The molecule has 1 aromatic carbocycles. The number of benzene rings is 1. The van der Waals surface area contributed by atoms with Gasteiger partial charge in [0.05, 0.1) is 17.6 Å². The van der Waals surface area contributed by atoms with Crippen LogP contribution in [0, 0.1) is 5.82 Å². The third kappa shape index (κ3) is 7.57. The fraction of sp³-hybridized carbons (Fsp3) is 0.500. The van der Waals surface area contributed by atoms with Gasteiger partial charge in [-0.15, -0.1) is 11.3 Å². The van der Waals surface area contributed by atoms with E-state index in [0.717, 1.165) is 34.7 Å². The van der Waals surface area contributed by atoms with Crippen LogP contribution in [0.15, 0.2) is 48.0 Å². The number of piperidine rings is 1. The first kappa shape index (κ1) is 36.6. The number of fused-ring (bicyclic) bond motifs is 1. The Morgan fingerprint density at radius 2 is 1.82 bits per heavy atom. The number of hydrogen-bond acceptors (Lipinski definition) is 6. The number of aromatic nitrogens is 1. The molecule has 1 saturated heterocycles. The van der Waals surface area contributed by atoms with E-state index in [9.17, 15) is 40.6 Å². The second-order valence-electron chi connectivity index (χ2n) is 12.3. The quantitative estimate of drug-likeness (QED) is 0.217. The fourth-order valence-electron chi connectivity index (χ4n) is 6.96. The molecular formula is C34H36F7N3O4S. The van der Waals surface area contributed by atoms with Crippen molar-refractivity contribution >= 4 is 23.2 Å². The standard InChI is InChI=1S/C34H36F7N3O4S/c1-2-3-9-27-32(48-23-19-28(49-20-23)34(39,40)41,13-6-15-44(27)30(46)29-25(33(36,37)38)7-4-14-42-29)31(47)43-16-12-21-18-22(35)10-11-24(21)26(43)8-5-17-45/h4,7,10-11,14,18-20,26-27,45H,2-3,5-6,8-9,12-13,15-17H2,1H3/t26?,27-,32+/m1/s1. The number of amides is 2. The van der Waals surface area contributed by atoms with Crippen molar-refractivity contribution in [1.82, 2.24) is 14.8 Å². The minimum atomic E-state index is -4.91. The molecule has 1 N–H and O–H groups in total. The summed E-state index contributed by atoms with van der Waals surface area (Å²) >= 11 is 0.369. The van der Waals surface area contributed by atoms with E-state index in [1.54, 1.807) is 6.07 Å². The van der Waals surface area contributed by atoms with Crippen LogP contribution in [-0.4, -0.2) is 63.0 Å². The average Bonchev–Trinajstić information content (AvgIpc) is 3.54.